The molecule has 1 aliphatic heterocycles. The fourth-order valence-electron chi connectivity index (χ4n) is 1.78. The lowest BCUT2D eigenvalue weighted by Crippen LogP contribution is -2.55. The van der Waals surface area contributed by atoms with Gasteiger partial charge in [0.15, 0.2) is 0 Å². The van der Waals surface area contributed by atoms with Crippen LogP contribution in [0.3, 0.4) is 0 Å². The summed E-state index contributed by atoms with van der Waals surface area (Å²) in [6.45, 7) is 7.16. The van der Waals surface area contributed by atoms with E-state index in [-0.39, 0.29) is 5.91 Å². The first kappa shape index (κ1) is 11.5. The summed E-state index contributed by atoms with van der Waals surface area (Å²) in [4.78, 5) is 11.6. The van der Waals surface area contributed by atoms with Crippen LogP contribution < -0.4 is 0 Å². The topological polar surface area (TPSA) is 43.8 Å². The third kappa shape index (κ3) is 2.69. The quantitative estimate of drug-likeness (QED) is 0.726. The average molecular weight is 200 g/mol. The molecule has 0 bridgehead atoms. The second-order valence-corrected chi connectivity index (χ2v) is 4.19. The van der Waals surface area contributed by atoms with Gasteiger partial charge in [-0.05, 0) is 27.2 Å². The maximum absolute atomic E-state index is 11.6. The molecule has 1 unspecified atom stereocenters. The van der Waals surface area contributed by atoms with E-state index >= 15 is 0 Å². The molecule has 0 aromatic rings. The van der Waals surface area contributed by atoms with Crippen LogP contribution >= 0.6 is 0 Å². The van der Waals surface area contributed by atoms with Crippen molar-refractivity contribution in [2.75, 3.05) is 13.1 Å². The Morgan fingerprint density at radius 1 is 1.43 bits per heavy atom. The second-order valence-electron chi connectivity index (χ2n) is 4.19. The third-order valence-electron chi connectivity index (χ3n) is 2.41. The molecular formula is C10H20N2O2. The number of rotatable bonds is 3. The molecule has 4 nitrogen and oxygen atoms in total. The van der Waals surface area contributed by atoms with Crippen LogP contribution in [0.2, 0.25) is 0 Å². The monoisotopic (exact) mass is 200 g/mol. The van der Waals surface area contributed by atoms with E-state index in [0.717, 1.165) is 13.0 Å². The molecule has 1 fully saturated rings. The lowest BCUT2D eigenvalue weighted by Gasteiger charge is -2.41. The summed E-state index contributed by atoms with van der Waals surface area (Å²) < 4.78 is 0. The molecule has 82 valence electrons. The van der Waals surface area contributed by atoms with Gasteiger partial charge in [-0.1, -0.05) is 0 Å². The lowest BCUT2D eigenvalue weighted by atomic mass is 10.2. The SMILES string of the molecule is CC(O)CN1C(=O)CCCN1C(C)C. The Balaban J connectivity index is 2.66. The zero-order valence-electron chi connectivity index (χ0n) is 9.23. The molecule has 1 aliphatic rings. The van der Waals surface area contributed by atoms with Crippen molar-refractivity contribution in [1.82, 2.24) is 10.0 Å². The van der Waals surface area contributed by atoms with Gasteiger partial charge >= 0.3 is 0 Å². The Labute approximate surface area is 85.5 Å². The Morgan fingerprint density at radius 3 is 2.57 bits per heavy atom. The van der Waals surface area contributed by atoms with Crippen molar-refractivity contribution in [2.24, 2.45) is 0 Å². The minimum absolute atomic E-state index is 0.130. The number of hydrogen-bond acceptors (Lipinski definition) is 3. The predicted molar refractivity (Wildman–Crippen MR) is 54.5 cm³/mol. The van der Waals surface area contributed by atoms with Crippen LogP contribution in [-0.2, 0) is 4.79 Å². The van der Waals surface area contributed by atoms with Crippen LogP contribution in [0.15, 0.2) is 0 Å². The van der Waals surface area contributed by atoms with Crippen molar-refractivity contribution in [2.45, 2.75) is 45.8 Å². The van der Waals surface area contributed by atoms with E-state index in [0.29, 0.717) is 19.0 Å². The van der Waals surface area contributed by atoms with Gasteiger partial charge in [0.2, 0.25) is 5.91 Å². The summed E-state index contributed by atoms with van der Waals surface area (Å²) in [5.74, 6) is 0.130. The number of β-amino-alcohol motifs (C(OH)–C–C–N with tert-alkyl or cyclic N) is 1. The fourth-order valence-corrected chi connectivity index (χ4v) is 1.78. The van der Waals surface area contributed by atoms with Gasteiger partial charge in [-0.2, -0.15) is 0 Å². The zero-order valence-corrected chi connectivity index (χ0v) is 9.23. The standard InChI is InChI=1S/C10H20N2O2/c1-8(2)11-6-4-5-10(14)12(11)7-9(3)13/h8-9,13H,4-7H2,1-3H3. The third-order valence-corrected chi connectivity index (χ3v) is 2.41. The molecule has 1 heterocycles. The zero-order chi connectivity index (χ0) is 10.7. The first-order valence-corrected chi connectivity index (χ1v) is 5.27. The minimum atomic E-state index is -0.460. The molecule has 1 atom stereocenters. The molecule has 1 rings (SSSR count). The number of amides is 1. The molecule has 0 saturated carbocycles. The number of aliphatic hydroxyl groups is 1. The normalized spacial score (nSPS) is 21.8. The van der Waals surface area contributed by atoms with Crippen molar-refractivity contribution < 1.29 is 9.90 Å². The molecular weight excluding hydrogens is 180 g/mol. The van der Waals surface area contributed by atoms with E-state index in [9.17, 15) is 9.90 Å². The lowest BCUT2D eigenvalue weighted by molar-refractivity contribution is -0.163. The van der Waals surface area contributed by atoms with Crippen molar-refractivity contribution in [1.29, 1.82) is 0 Å². The summed E-state index contributed by atoms with van der Waals surface area (Å²) in [7, 11) is 0. The van der Waals surface area contributed by atoms with Gasteiger partial charge < -0.3 is 5.11 Å². The maximum atomic E-state index is 11.6. The molecule has 0 aromatic heterocycles. The Bertz CT molecular complexity index is 204. The van der Waals surface area contributed by atoms with Gasteiger partial charge in [0, 0.05) is 19.0 Å². The summed E-state index contributed by atoms with van der Waals surface area (Å²) in [5.41, 5.74) is 0. The number of hydrazine groups is 1. The first-order valence-electron chi connectivity index (χ1n) is 5.27. The smallest absolute Gasteiger partial charge is 0.237 e. The van der Waals surface area contributed by atoms with Crippen LogP contribution in [0.5, 0.6) is 0 Å². The molecule has 0 spiro atoms. The fraction of sp³-hybridized carbons (Fsp3) is 0.900. The van der Waals surface area contributed by atoms with Crippen molar-refractivity contribution in [3.8, 4) is 0 Å². The second kappa shape index (κ2) is 4.75. The molecule has 1 amide bonds. The summed E-state index contributed by atoms with van der Waals surface area (Å²) in [6.07, 6.45) is 1.07. The van der Waals surface area contributed by atoms with Crippen LogP contribution in [0.1, 0.15) is 33.6 Å². The minimum Gasteiger partial charge on any atom is -0.392 e. The average Bonchev–Trinajstić information content (AvgIpc) is 2.07. The molecule has 0 aliphatic carbocycles. The summed E-state index contributed by atoms with van der Waals surface area (Å²) >= 11 is 0. The molecule has 0 aromatic carbocycles. The highest BCUT2D eigenvalue weighted by molar-refractivity contribution is 5.76. The van der Waals surface area contributed by atoms with Gasteiger partial charge in [-0.15, -0.1) is 0 Å². The van der Waals surface area contributed by atoms with Crippen molar-refractivity contribution >= 4 is 5.91 Å². The number of nitrogens with zero attached hydrogens (tertiary/aromatic N) is 2. The van der Waals surface area contributed by atoms with E-state index in [1.165, 1.54) is 0 Å². The summed E-state index contributed by atoms with van der Waals surface area (Å²) in [6, 6.07) is 0.318. The van der Waals surface area contributed by atoms with Gasteiger partial charge in [-0.3, -0.25) is 9.80 Å². The highest BCUT2D eigenvalue weighted by atomic mass is 16.3. The number of hydrogen-bond donors (Lipinski definition) is 1. The van der Waals surface area contributed by atoms with Gasteiger partial charge in [-0.25, -0.2) is 5.01 Å². The molecule has 1 saturated heterocycles. The van der Waals surface area contributed by atoms with E-state index in [2.05, 4.69) is 13.8 Å². The van der Waals surface area contributed by atoms with E-state index in [1.807, 2.05) is 5.01 Å². The van der Waals surface area contributed by atoms with Crippen molar-refractivity contribution in [3.05, 3.63) is 0 Å². The van der Waals surface area contributed by atoms with E-state index in [4.69, 9.17) is 0 Å². The van der Waals surface area contributed by atoms with Gasteiger partial charge in [0.25, 0.3) is 0 Å². The molecule has 0 radical (unpaired) electrons. The van der Waals surface area contributed by atoms with E-state index < -0.39 is 6.10 Å². The Hall–Kier alpha value is -0.610. The summed E-state index contributed by atoms with van der Waals surface area (Å²) in [5, 5.41) is 13.0. The van der Waals surface area contributed by atoms with Gasteiger partial charge in [0.1, 0.15) is 0 Å². The number of carbonyl (C=O) groups excluding carboxylic acids is 1. The largest absolute Gasteiger partial charge is 0.392 e. The van der Waals surface area contributed by atoms with Crippen LogP contribution in [0.4, 0.5) is 0 Å². The van der Waals surface area contributed by atoms with E-state index in [1.54, 1.807) is 11.9 Å². The van der Waals surface area contributed by atoms with Gasteiger partial charge in [0.05, 0.1) is 12.6 Å². The molecule has 1 N–H and O–H groups in total. The molecule has 14 heavy (non-hydrogen) atoms. The first-order chi connectivity index (χ1) is 6.52. The number of aliphatic hydroxyl groups excluding tert-OH is 1. The number of carbonyl (C=O) groups is 1. The van der Waals surface area contributed by atoms with Crippen LogP contribution in [0.25, 0.3) is 0 Å². The van der Waals surface area contributed by atoms with Crippen LogP contribution in [-0.4, -0.2) is 46.3 Å². The predicted octanol–water partition coefficient (Wildman–Crippen LogP) is 0.615. The maximum Gasteiger partial charge on any atom is 0.237 e. The Morgan fingerprint density at radius 2 is 2.07 bits per heavy atom. The molecule has 4 heteroatoms. The Kier molecular flexibility index (Phi) is 3.89. The highest BCUT2D eigenvalue weighted by Crippen LogP contribution is 2.15. The highest BCUT2D eigenvalue weighted by Gasteiger charge is 2.28. The van der Waals surface area contributed by atoms with Crippen LogP contribution in [0, 0.1) is 0 Å². The van der Waals surface area contributed by atoms with Crippen molar-refractivity contribution in [3.63, 3.8) is 0 Å².